The molecule has 1 aliphatic heterocycles. The third kappa shape index (κ3) is 6.06. The molecule has 0 radical (unpaired) electrons. The van der Waals surface area contributed by atoms with Gasteiger partial charge in [0.15, 0.2) is 18.1 Å². The molecule has 3 rings (SSSR count). The molecule has 0 spiro atoms. The van der Waals surface area contributed by atoms with E-state index in [1.54, 1.807) is 30.3 Å². The first-order valence-corrected chi connectivity index (χ1v) is 12.6. The Bertz CT molecular complexity index is 1120. The van der Waals surface area contributed by atoms with Crippen molar-refractivity contribution in [2.24, 2.45) is 0 Å². The van der Waals surface area contributed by atoms with Gasteiger partial charge in [0, 0.05) is 18.3 Å². The fourth-order valence-corrected chi connectivity index (χ4v) is 5.31. The summed E-state index contributed by atoms with van der Waals surface area (Å²) in [7, 11) is -3.85. The highest BCUT2D eigenvalue weighted by atomic mass is 32.2. The number of hydrogen-bond donors (Lipinski definition) is 1. The molecule has 2 aromatic carbocycles. The first-order chi connectivity index (χ1) is 16.3. The fourth-order valence-electron chi connectivity index (χ4n) is 3.67. The Kier molecular flexibility index (Phi) is 8.51. The fraction of sp³-hybridized carbons (Fsp3) is 0.417. The number of nitrogens with one attached hydrogen (secondary N) is 1. The third-order valence-corrected chi connectivity index (χ3v) is 7.20. The van der Waals surface area contributed by atoms with E-state index in [0.29, 0.717) is 43.2 Å². The van der Waals surface area contributed by atoms with Gasteiger partial charge in [0.2, 0.25) is 10.0 Å². The van der Waals surface area contributed by atoms with Crippen LogP contribution in [-0.4, -0.2) is 57.0 Å². The Morgan fingerprint density at radius 2 is 1.71 bits per heavy atom. The van der Waals surface area contributed by atoms with Crippen molar-refractivity contribution in [1.29, 1.82) is 0 Å². The molecule has 0 aromatic heterocycles. The Morgan fingerprint density at radius 1 is 1.03 bits per heavy atom. The van der Waals surface area contributed by atoms with Gasteiger partial charge in [-0.2, -0.15) is 4.31 Å². The third-order valence-electron chi connectivity index (χ3n) is 5.28. The number of carbonyl (C=O) groups is 2. The lowest BCUT2D eigenvalue weighted by atomic mass is 10.2. The molecule has 1 atom stereocenters. The van der Waals surface area contributed by atoms with Gasteiger partial charge in [-0.15, -0.1) is 0 Å². The van der Waals surface area contributed by atoms with Gasteiger partial charge >= 0.3 is 5.97 Å². The SMILES string of the molecule is CCOc1ccc(NC(=O)COC(=O)[C@@H]2CCCN2S(=O)(=O)c2ccc(C)cc2)cc1OCC. The van der Waals surface area contributed by atoms with Crippen LogP contribution in [0, 0.1) is 6.92 Å². The van der Waals surface area contributed by atoms with Crippen molar-refractivity contribution < 1.29 is 32.2 Å². The molecule has 184 valence electrons. The summed E-state index contributed by atoms with van der Waals surface area (Å²) >= 11 is 0. The first kappa shape index (κ1) is 25.5. The summed E-state index contributed by atoms with van der Waals surface area (Å²) in [5.74, 6) is -0.247. The monoisotopic (exact) mass is 490 g/mol. The second kappa shape index (κ2) is 11.3. The van der Waals surface area contributed by atoms with Crippen molar-refractivity contribution in [3.8, 4) is 11.5 Å². The minimum atomic E-state index is -3.85. The topological polar surface area (TPSA) is 111 Å². The minimum Gasteiger partial charge on any atom is -0.490 e. The van der Waals surface area contributed by atoms with E-state index in [0.717, 1.165) is 9.87 Å². The van der Waals surface area contributed by atoms with Crippen molar-refractivity contribution in [3.05, 3.63) is 48.0 Å². The van der Waals surface area contributed by atoms with Gasteiger partial charge in [-0.25, -0.2) is 8.42 Å². The normalized spacial score (nSPS) is 16.1. The van der Waals surface area contributed by atoms with Gasteiger partial charge in [0.05, 0.1) is 18.1 Å². The van der Waals surface area contributed by atoms with Crippen LogP contribution in [0.3, 0.4) is 0 Å². The highest BCUT2D eigenvalue weighted by Gasteiger charge is 2.40. The van der Waals surface area contributed by atoms with Crippen LogP contribution in [0.1, 0.15) is 32.3 Å². The summed E-state index contributed by atoms with van der Waals surface area (Å²) in [6, 6.07) is 10.5. The van der Waals surface area contributed by atoms with Gasteiger partial charge in [-0.3, -0.25) is 9.59 Å². The van der Waals surface area contributed by atoms with Crippen molar-refractivity contribution >= 4 is 27.6 Å². The highest BCUT2D eigenvalue weighted by molar-refractivity contribution is 7.89. The predicted molar refractivity (Wildman–Crippen MR) is 126 cm³/mol. The molecule has 0 aliphatic carbocycles. The van der Waals surface area contributed by atoms with Crippen LogP contribution >= 0.6 is 0 Å². The van der Waals surface area contributed by atoms with Crippen LogP contribution in [0.5, 0.6) is 11.5 Å². The molecule has 34 heavy (non-hydrogen) atoms. The average Bonchev–Trinajstić information content (AvgIpc) is 3.31. The standard InChI is InChI=1S/C24H30N2O7S/c1-4-31-21-13-10-18(15-22(21)32-5-2)25-23(27)16-33-24(28)20-7-6-14-26(20)34(29,30)19-11-8-17(3)9-12-19/h8-13,15,20H,4-7,14,16H2,1-3H3,(H,25,27)/t20-/m0/s1. The van der Waals surface area contributed by atoms with Crippen LogP contribution in [0.15, 0.2) is 47.4 Å². The van der Waals surface area contributed by atoms with Crippen LogP contribution in [0.25, 0.3) is 0 Å². The molecule has 1 aliphatic rings. The van der Waals surface area contributed by atoms with Crippen LogP contribution in [-0.2, 0) is 24.3 Å². The summed E-state index contributed by atoms with van der Waals surface area (Å²) in [6.07, 6.45) is 0.867. The molecular formula is C24H30N2O7S. The number of esters is 1. The molecule has 1 saturated heterocycles. The molecule has 0 saturated carbocycles. The highest BCUT2D eigenvalue weighted by Crippen LogP contribution is 2.31. The first-order valence-electron chi connectivity index (χ1n) is 11.2. The lowest BCUT2D eigenvalue weighted by molar-refractivity contribution is -0.150. The van der Waals surface area contributed by atoms with E-state index in [2.05, 4.69) is 5.32 Å². The van der Waals surface area contributed by atoms with Gasteiger partial charge in [-0.1, -0.05) is 17.7 Å². The Hall–Kier alpha value is -3.11. The van der Waals surface area contributed by atoms with E-state index in [9.17, 15) is 18.0 Å². The number of hydrogen-bond acceptors (Lipinski definition) is 7. The lowest BCUT2D eigenvalue weighted by Gasteiger charge is -2.22. The zero-order valence-corrected chi connectivity index (χ0v) is 20.4. The van der Waals surface area contributed by atoms with Crippen molar-refractivity contribution in [2.75, 3.05) is 31.7 Å². The van der Waals surface area contributed by atoms with Gasteiger partial charge in [0.25, 0.3) is 5.91 Å². The van der Waals surface area contributed by atoms with Crippen LogP contribution in [0.4, 0.5) is 5.69 Å². The number of nitrogens with zero attached hydrogens (tertiary/aromatic N) is 1. The molecule has 0 bridgehead atoms. The van der Waals surface area contributed by atoms with Gasteiger partial charge in [0.1, 0.15) is 6.04 Å². The molecule has 9 nitrogen and oxygen atoms in total. The van der Waals surface area contributed by atoms with Crippen LogP contribution < -0.4 is 14.8 Å². The molecule has 1 amide bonds. The van der Waals surface area contributed by atoms with Gasteiger partial charge in [-0.05, 0) is 57.9 Å². The van der Waals surface area contributed by atoms with E-state index in [-0.39, 0.29) is 11.4 Å². The predicted octanol–water partition coefficient (Wildman–Crippen LogP) is 3.13. The van der Waals surface area contributed by atoms with Crippen molar-refractivity contribution in [3.63, 3.8) is 0 Å². The number of anilines is 1. The summed E-state index contributed by atoms with van der Waals surface area (Å²) in [5.41, 5.74) is 1.39. The second-order valence-electron chi connectivity index (χ2n) is 7.77. The molecule has 10 heteroatoms. The number of ether oxygens (including phenoxy) is 3. The Labute approximate surface area is 200 Å². The molecule has 0 unspecified atom stereocenters. The Balaban J connectivity index is 1.61. The van der Waals surface area contributed by atoms with E-state index in [4.69, 9.17) is 14.2 Å². The summed E-state index contributed by atoms with van der Waals surface area (Å²) in [5, 5.41) is 2.65. The number of amides is 1. The zero-order chi connectivity index (χ0) is 24.7. The van der Waals surface area contributed by atoms with E-state index in [1.165, 1.54) is 12.1 Å². The summed E-state index contributed by atoms with van der Waals surface area (Å²) in [6.45, 7) is 6.14. The lowest BCUT2D eigenvalue weighted by Crippen LogP contribution is -2.42. The molecule has 2 aromatic rings. The number of aryl methyl sites for hydroxylation is 1. The maximum atomic E-state index is 13.0. The Morgan fingerprint density at radius 3 is 2.38 bits per heavy atom. The molecule has 1 heterocycles. The number of rotatable bonds is 10. The summed E-state index contributed by atoms with van der Waals surface area (Å²) < 4.78 is 43.4. The largest absolute Gasteiger partial charge is 0.490 e. The van der Waals surface area contributed by atoms with E-state index >= 15 is 0 Å². The quantitative estimate of drug-likeness (QED) is 0.509. The molecular weight excluding hydrogens is 460 g/mol. The number of benzene rings is 2. The zero-order valence-electron chi connectivity index (χ0n) is 19.6. The van der Waals surface area contributed by atoms with Gasteiger partial charge < -0.3 is 19.5 Å². The maximum Gasteiger partial charge on any atom is 0.324 e. The van der Waals surface area contributed by atoms with Crippen molar-refractivity contribution in [2.45, 2.75) is 44.6 Å². The average molecular weight is 491 g/mol. The number of sulfonamides is 1. The van der Waals surface area contributed by atoms with Crippen LogP contribution in [0.2, 0.25) is 0 Å². The van der Waals surface area contributed by atoms with E-state index in [1.807, 2.05) is 20.8 Å². The number of carbonyl (C=O) groups excluding carboxylic acids is 2. The summed E-state index contributed by atoms with van der Waals surface area (Å²) in [4.78, 5) is 25.1. The second-order valence-corrected chi connectivity index (χ2v) is 9.66. The van der Waals surface area contributed by atoms with Crippen molar-refractivity contribution in [1.82, 2.24) is 4.31 Å². The molecule has 1 N–H and O–H groups in total. The molecule has 1 fully saturated rings. The maximum absolute atomic E-state index is 13.0. The minimum absolute atomic E-state index is 0.121. The smallest absolute Gasteiger partial charge is 0.324 e. The van der Waals surface area contributed by atoms with E-state index < -0.39 is 34.5 Å².